The number of amides is 1. The fraction of sp³-hybridized carbons (Fsp3) is 0.278. The maximum atomic E-state index is 13.6. The molecule has 0 aliphatic carbocycles. The van der Waals surface area contributed by atoms with E-state index in [1.165, 1.54) is 17.8 Å². The first-order valence-corrected chi connectivity index (χ1v) is 8.54. The summed E-state index contributed by atoms with van der Waals surface area (Å²) >= 11 is 1.49. The quantitative estimate of drug-likeness (QED) is 0.811. The molecule has 2 rings (SSSR count). The molecule has 122 valence electrons. The Balaban J connectivity index is 1.93. The molecule has 0 aliphatic heterocycles. The molecule has 0 aromatic heterocycles. The lowest BCUT2D eigenvalue weighted by atomic mass is 10.2. The van der Waals surface area contributed by atoms with E-state index >= 15 is 0 Å². The average Bonchev–Trinajstić information content (AvgIpc) is 2.56. The number of carbonyl (C=O) groups is 1. The summed E-state index contributed by atoms with van der Waals surface area (Å²) in [7, 11) is 0. The van der Waals surface area contributed by atoms with Crippen molar-refractivity contribution in [2.75, 3.05) is 11.9 Å². The molecule has 0 saturated carbocycles. The Hall–Kier alpha value is -2.01. The molecule has 0 saturated heterocycles. The summed E-state index contributed by atoms with van der Waals surface area (Å²) in [6.45, 7) is 4.35. The van der Waals surface area contributed by atoms with Gasteiger partial charge in [-0.15, -0.1) is 11.8 Å². The Kier molecular flexibility index (Phi) is 6.47. The SMILES string of the molecule is CCOc1ccccc1CSC(C)C(=O)Nc1ccccc1F. The normalized spacial score (nSPS) is 11.8. The summed E-state index contributed by atoms with van der Waals surface area (Å²) in [6, 6.07) is 13.9. The Bertz CT molecular complexity index is 663. The molecule has 0 bridgehead atoms. The van der Waals surface area contributed by atoms with Gasteiger partial charge >= 0.3 is 0 Å². The molecule has 3 nitrogen and oxygen atoms in total. The van der Waals surface area contributed by atoms with E-state index in [-0.39, 0.29) is 16.8 Å². The lowest BCUT2D eigenvalue weighted by molar-refractivity contribution is -0.115. The smallest absolute Gasteiger partial charge is 0.237 e. The van der Waals surface area contributed by atoms with Crippen molar-refractivity contribution >= 4 is 23.4 Å². The molecule has 23 heavy (non-hydrogen) atoms. The zero-order valence-corrected chi connectivity index (χ0v) is 14.0. The number of ether oxygens (including phenoxy) is 1. The minimum absolute atomic E-state index is 0.208. The fourth-order valence-electron chi connectivity index (χ4n) is 2.01. The van der Waals surface area contributed by atoms with E-state index in [1.807, 2.05) is 38.1 Å². The first kappa shape index (κ1) is 17.3. The lowest BCUT2D eigenvalue weighted by Gasteiger charge is -2.14. The standard InChI is InChI=1S/C18H20FNO2S/c1-3-22-17-11-7-4-8-14(17)12-23-13(2)18(21)20-16-10-6-5-9-15(16)19/h4-11,13H,3,12H2,1-2H3,(H,20,21). The molecule has 0 heterocycles. The van der Waals surface area contributed by atoms with Gasteiger partial charge in [-0.1, -0.05) is 30.3 Å². The second-order valence-corrected chi connectivity index (χ2v) is 6.29. The first-order chi connectivity index (χ1) is 11.1. The van der Waals surface area contributed by atoms with Gasteiger partial charge in [-0.25, -0.2) is 4.39 Å². The summed E-state index contributed by atoms with van der Waals surface area (Å²) < 4.78 is 19.1. The van der Waals surface area contributed by atoms with Crippen LogP contribution in [-0.2, 0) is 10.5 Å². The Morgan fingerprint density at radius 1 is 1.22 bits per heavy atom. The first-order valence-electron chi connectivity index (χ1n) is 7.49. The van der Waals surface area contributed by atoms with Crippen molar-refractivity contribution in [2.45, 2.75) is 24.9 Å². The number of nitrogens with one attached hydrogen (secondary N) is 1. The van der Waals surface area contributed by atoms with Crippen LogP contribution in [0, 0.1) is 5.82 Å². The molecule has 0 spiro atoms. The van der Waals surface area contributed by atoms with Crippen LogP contribution >= 0.6 is 11.8 Å². The van der Waals surface area contributed by atoms with Crippen LogP contribution in [0.15, 0.2) is 48.5 Å². The number of hydrogen-bond acceptors (Lipinski definition) is 3. The van der Waals surface area contributed by atoms with Gasteiger partial charge in [0.1, 0.15) is 11.6 Å². The van der Waals surface area contributed by atoms with Gasteiger partial charge < -0.3 is 10.1 Å². The molecule has 1 amide bonds. The number of para-hydroxylation sites is 2. The molecule has 2 aromatic carbocycles. The summed E-state index contributed by atoms with van der Waals surface area (Å²) in [5.41, 5.74) is 1.25. The highest BCUT2D eigenvalue weighted by molar-refractivity contribution is 7.99. The highest BCUT2D eigenvalue weighted by Crippen LogP contribution is 2.26. The van der Waals surface area contributed by atoms with Gasteiger partial charge in [0, 0.05) is 11.3 Å². The van der Waals surface area contributed by atoms with Crippen LogP contribution in [-0.4, -0.2) is 17.8 Å². The van der Waals surface area contributed by atoms with Crippen molar-refractivity contribution in [3.63, 3.8) is 0 Å². The largest absolute Gasteiger partial charge is 0.494 e. The number of benzene rings is 2. The Labute approximate surface area is 140 Å². The summed E-state index contributed by atoms with van der Waals surface area (Å²) in [4.78, 5) is 12.2. The summed E-state index contributed by atoms with van der Waals surface area (Å²) in [5, 5.41) is 2.32. The molecule has 0 aliphatic rings. The average molecular weight is 333 g/mol. The van der Waals surface area contributed by atoms with Crippen LogP contribution in [0.5, 0.6) is 5.75 Å². The van der Waals surface area contributed by atoms with Crippen molar-refractivity contribution in [3.8, 4) is 5.75 Å². The predicted molar refractivity (Wildman–Crippen MR) is 93.4 cm³/mol. The fourth-order valence-corrected chi connectivity index (χ4v) is 2.89. The summed E-state index contributed by atoms with van der Waals surface area (Å²) in [6.07, 6.45) is 0. The van der Waals surface area contributed by atoms with Crippen molar-refractivity contribution < 1.29 is 13.9 Å². The number of hydrogen-bond donors (Lipinski definition) is 1. The minimum Gasteiger partial charge on any atom is -0.494 e. The van der Waals surface area contributed by atoms with Gasteiger partial charge in [0.15, 0.2) is 0 Å². The third-order valence-corrected chi connectivity index (χ3v) is 4.45. The maximum absolute atomic E-state index is 13.6. The van der Waals surface area contributed by atoms with Gasteiger partial charge in [0.25, 0.3) is 0 Å². The van der Waals surface area contributed by atoms with E-state index in [4.69, 9.17) is 4.74 Å². The molecule has 1 atom stereocenters. The highest BCUT2D eigenvalue weighted by Gasteiger charge is 2.16. The number of halogens is 1. The topological polar surface area (TPSA) is 38.3 Å². The Morgan fingerprint density at radius 3 is 2.65 bits per heavy atom. The number of anilines is 1. The van der Waals surface area contributed by atoms with Crippen LogP contribution in [0.4, 0.5) is 10.1 Å². The monoisotopic (exact) mass is 333 g/mol. The number of rotatable bonds is 7. The van der Waals surface area contributed by atoms with E-state index in [1.54, 1.807) is 18.2 Å². The van der Waals surface area contributed by atoms with Gasteiger partial charge in [0.2, 0.25) is 5.91 Å². The van der Waals surface area contributed by atoms with Crippen LogP contribution in [0.1, 0.15) is 19.4 Å². The van der Waals surface area contributed by atoms with E-state index in [2.05, 4.69) is 5.32 Å². The lowest BCUT2D eigenvalue weighted by Crippen LogP contribution is -2.23. The molecule has 2 aromatic rings. The summed E-state index contributed by atoms with van der Waals surface area (Å²) in [5.74, 6) is 0.847. The predicted octanol–water partition coefficient (Wildman–Crippen LogP) is 4.48. The molecule has 1 unspecified atom stereocenters. The van der Waals surface area contributed by atoms with Crippen LogP contribution in [0.3, 0.4) is 0 Å². The van der Waals surface area contributed by atoms with Crippen LogP contribution < -0.4 is 10.1 Å². The Morgan fingerprint density at radius 2 is 1.91 bits per heavy atom. The molecule has 5 heteroatoms. The number of carbonyl (C=O) groups excluding carboxylic acids is 1. The van der Waals surface area contributed by atoms with Crippen molar-refractivity contribution in [1.82, 2.24) is 0 Å². The van der Waals surface area contributed by atoms with Crippen molar-refractivity contribution in [3.05, 3.63) is 59.9 Å². The van der Waals surface area contributed by atoms with Gasteiger partial charge in [-0.05, 0) is 32.0 Å². The molecule has 0 fully saturated rings. The van der Waals surface area contributed by atoms with Crippen LogP contribution in [0.2, 0.25) is 0 Å². The zero-order chi connectivity index (χ0) is 16.7. The second-order valence-electron chi connectivity index (χ2n) is 4.96. The van der Waals surface area contributed by atoms with E-state index in [0.29, 0.717) is 12.4 Å². The van der Waals surface area contributed by atoms with Crippen LogP contribution in [0.25, 0.3) is 0 Å². The molecule has 1 N–H and O–H groups in total. The zero-order valence-electron chi connectivity index (χ0n) is 13.2. The van der Waals surface area contributed by atoms with E-state index in [9.17, 15) is 9.18 Å². The second kappa shape index (κ2) is 8.58. The van der Waals surface area contributed by atoms with Gasteiger partial charge in [-0.3, -0.25) is 4.79 Å². The van der Waals surface area contributed by atoms with Crippen molar-refractivity contribution in [2.24, 2.45) is 0 Å². The maximum Gasteiger partial charge on any atom is 0.237 e. The van der Waals surface area contributed by atoms with Gasteiger partial charge in [-0.2, -0.15) is 0 Å². The third-order valence-electron chi connectivity index (χ3n) is 3.26. The van der Waals surface area contributed by atoms with Gasteiger partial charge in [0.05, 0.1) is 17.5 Å². The minimum atomic E-state index is -0.431. The van der Waals surface area contributed by atoms with E-state index < -0.39 is 5.82 Å². The molecular weight excluding hydrogens is 313 g/mol. The molecule has 0 radical (unpaired) electrons. The highest BCUT2D eigenvalue weighted by atomic mass is 32.2. The van der Waals surface area contributed by atoms with E-state index in [0.717, 1.165) is 11.3 Å². The molecular formula is C18H20FNO2S. The third kappa shape index (κ3) is 4.99. The van der Waals surface area contributed by atoms with Crippen molar-refractivity contribution in [1.29, 1.82) is 0 Å². The number of thioether (sulfide) groups is 1.